The molecule has 0 bridgehead atoms. The summed E-state index contributed by atoms with van der Waals surface area (Å²) >= 11 is 0. The van der Waals surface area contributed by atoms with E-state index in [1.165, 1.54) is 4.90 Å². The lowest BCUT2D eigenvalue weighted by Gasteiger charge is -2.25. The van der Waals surface area contributed by atoms with Gasteiger partial charge in [-0.1, -0.05) is 32.0 Å². The molecular formula is C29H30N2O5. The Labute approximate surface area is 211 Å². The number of Topliss-reactive ketones (excluding diaryl/α,β-unsaturated/α-hetero) is 1. The van der Waals surface area contributed by atoms with Crippen LogP contribution in [0.15, 0.2) is 66.4 Å². The first-order valence-corrected chi connectivity index (χ1v) is 11.8. The van der Waals surface area contributed by atoms with Gasteiger partial charge in [0.2, 0.25) is 0 Å². The van der Waals surface area contributed by atoms with E-state index in [4.69, 9.17) is 9.47 Å². The predicted molar refractivity (Wildman–Crippen MR) is 137 cm³/mol. The Balaban J connectivity index is 1.91. The maximum atomic E-state index is 13.4. The second kappa shape index (κ2) is 10.2. The fourth-order valence-corrected chi connectivity index (χ4v) is 4.57. The molecule has 1 amide bonds. The van der Waals surface area contributed by atoms with Gasteiger partial charge in [-0.2, -0.15) is 0 Å². The molecule has 1 saturated heterocycles. The van der Waals surface area contributed by atoms with Gasteiger partial charge in [-0.05, 0) is 65.9 Å². The molecule has 1 unspecified atom stereocenters. The van der Waals surface area contributed by atoms with Crippen LogP contribution in [0.5, 0.6) is 11.5 Å². The van der Waals surface area contributed by atoms with E-state index in [1.54, 1.807) is 56.8 Å². The van der Waals surface area contributed by atoms with Crippen LogP contribution in [0.25, 0.3) is 5.76 Å². The van der Waals surface area contributed by atoms with Gasteiger partial charge in [-0.25, -0.2) is 0 Å². The Kier molecular flexibility index (Phi) is 7.10. The van der Waals surface area contributed by atoms with Crippen molar-refractivity contribution < 1.29 is 24.2 Å². The first-order valence-electron chi connectivity index (χ1n) is 11.8. The number of hydrogen-bond acceptors (Lipinski definition) is 6. The highest BCUT2D eigenvalue weighted by molar-refractivity contribution is 6.46. The van der Waals surface area contributed by atoms with E-state index in [9.17, 15) is 14.7 Å². The molecule has 0 spiro atoms. The lowest BCUT2D eigenvalue weighted by molar-refractivity contribution is -0.140. The number of ketones is 1. The molecule has 2 heterocycles. The third-order valence-corrected chi connectivity index (χ3v) is 6.48. The van der Waals surface area contributed by atoms with Crippen molar-refractivity contribution in [1.29, 1.82) is 0 Å². The number of aromatic nitrogens is 1. The second-order valence-corrected chi connectivity index (χ2v) is 9.09. The number of nitrogens with zero attached hydrogens (tertiary/aromatic N) is 2. The molecule has 186 valence electrons. The molecule has 1 fully saturated rings. The molecule has 0 radical (unpaired) electrons. The van der Waals surface area contributed by atoms with Gasteiger partial charge in [-0.3, -0.25) is 14.6 Å². The highest BCUT2D eigenvalue weighted by Gasteiger charge is 2.46. The van der Waals surface area contributed by atoms with Crippen molar-refractivity contribution in [3.63, 3.8) is 0 Å². The maximum Gasteiger partial charge on any atom is 0.296 e. The predicted octanol–water partition coefficient (Wildman–Crippen LogP) is 5.15. The lowest BCUT2D eigenvalue weighted by Crippen LogP contribution is -2.29. The number of hydrogen-bond donors (Lipinski definition) is 1. The van der Waals surface area contributed by atoms with Gasteiger partial charge in [0.15, 0.2) is 0 Å². The normalized spacial score (nSPS) is 17.1. The molecule has 2 aromatic carbocycles. The van der Waals surface area contributed by atoms with E-state index in [-0.39, 0.29) is 23.8 Å². The zero-order chi connectivity index (χ0) is 26.0. The van der Waals surface area contributed by atoms with Crippen molar-refractivity contribution in [1.82, 2.24) is 9.88 Å². The SMILES string of the molecule is COc1ccc(C2/C(=C(\O)c3cc(C(C)C)c(OC)cc3C)C(=O)C(=O)N2Cc2ccccn2)cc1. The van der Waals surface area contributed by atoms with Crippen LogP contribution in [0.4, 0.5) is 0 Å². The summed E-state index contributed by atoms with van der Waals surface area (Å²) in [6, 6.07) is 15.4. The third kappa shape index (κ3) is 4.56. The first kappa shape index (κ1) is 25.0. The summed E-state index contributed by atoms with van der Waals surface area (Å²) in [4.78, 5) is 32.5. The molecule has 0 aliphatic carbocycles. The standard InChI is InChI=1S/C29H30N2O5/c1-17(2)22-15-23(18(3)14-24(22)36-5)27(32)25-26(19-9-11-21(35-4)12-10-19)31(29(34)28(25)33)16-20-8-6-7-13-30-20/h6-15,17,26,32H,16H2,1-5H3/b27-25+. The summed E-state index contributed by atoms with van der Waals surface area (Å²) < 4.78 is 10.8. The van der Waals surface area contributed by atoms with E-state index in [0.717, 1.165) is 11.1 Å². The van der Waals surface area contributed by atoms with Crippen molar-refractivity contribution >= 4 is 17.4 Å². The minimum atomic E-state index is -0.790. The Morgan fingerprint density at radius 3 is 2.36 bits per heavy atom. The summed E-state index contributed by atoms with van der Waals surface area (Å²) in [6.45, 7) is 6.02. The smallest absolute Gasteiger partial charge is 0.296 e. The van der Waals surface area contributed by atoms with Crippen LogP contribution in [0.1, 0.15) is 53.8 Å². The minimum Gasteiger partial charge on any atom is -0.507 e. The molecule has 7 nitrogen and oxygen atoms in total. The largest absolute Gasteiger partial charge is 0.507 e. The third-order valence-electron chi connectivity index (χ3n) is 6.48. The van der Waals surface area contributed by atoms with Gasteiger partial charge in [0.05, 0.1) is 38.1 Å². The summed E-state index contributed by atoms with van der Waals surface area (Å²) in [6.07, 6.45) is 1.64. The lowest BCUT2D eigenvalue weighted by atomic mass is 9.91. The average Bonchev–Trinajstić information content (AvgIpc) is 3.13. The van der Waals surface area contributed by atoms with Crippen LogP contribution >= 0.6 is 0 Å². The maximum absolute atomic E-state index is 13.4. The number of aliphatic hydroxyl groups excluding tert-OH is 1. The van der Waals surface area contributed by atoms with Crippen molar-refractivity contribution in [2.45, 2.75) is 39.3 Å². The number of rotatable bonds is 7. The Morgan fingerprint density at radius 2 is 1.78 bits per heavy atom. The second-order valence-electron chi connectivity index (χ2n) is 9.09. The van der Waals surface area contributed by atoms with E-state index in [1.807, 2.05) is 39.0 Å². The van der Waals surface area contributed by atoms with Gasteiger partial charge in [0, 0.05) is 11.8 Å². The molecule has 4 rings (SSSR count). The Hall–Kier alpha value is -4.13. The molecule has 1 aliphatic heterocycles. The highest BCUT2D eigenvalue weighted by Crippen LogP contribution is 2.42. The topological polar surface area (TPSA) is 89.0 Å². The zero-order valence-corrected chi connectivity index (χ0v) is 21.1. The van der Waals surface area contributed by atoms with E-state index >= 15 is 0 Å². The number of benzene rings is 2. The fourth-order valence-electron chi connectivity index (χ4n) is 4.57. The van der Waals surface area contributed by atoms with Crippen molar-refractivity contribution in [2.24, 2.45) is 0 Å². The van der Waals surface area contributed by atoms with Crippen LogP contribution in [0.3, 0.4) is 0 Å². The Morgan fingerprint density at radius 1 is 1.06 bits per heavy atom. The molecule has 36 heavy (non-hydrogen) atoms. The fraction of sp³-hybridized carbons (Fsp3) is 0.276. The van der Waals surface area contributed by atoms with Crippen LogP contribution in [0, 0.1) is 6.92 Å². The summed E-state index contributed by atoms with van der Waals surface area (Å²) in [5, 5.41) is 11.6. The van der Waals surface area contributed by atoms with Crippen molar-refractivity contribution in [3.05, 3.63) is 94.3 Å². The summed E-state index contributed by atoms with van der Waals surface area (Å²) in [5.74, 6) is -0.144. The number of carbonyl (C=O) groups is 2. The first-order chi connectivity index (χ1) is 17.3. The number of aliphatic hydroxyl groups is 1. The minimum absolute atomic E-state index is 0.0454. The van der Waals surface area contributed by atoms with E-state index in [0.29, 0.717) is 28.3 Å². The van der Waals surface area contributed by atoms with Gasteiger partial charge < -0.3 is 19.5 Å². The number of aryl methyl sites for hydroxylation is 1. The van der Waals surface area contributed by atoms with Gasteiger partial charge in [0.25, 0.3) is 11.7 Å². The molecule has 3 aromatic rings. The number of amides is 1. The van der Waals surface area contributed by atoms with Gasteiger partial charge in [0.1, 0.15) is 17.3 Å². The van der Waals surface area contributed by atoms with E-state index < -0.39 is 17.7 Å². The molecular weight excluding hydrogens is 456 g/mol. The van der Waals surface area contributed by atoms with Gasteiger partial charge in [-0.15, -0.1) is 0 Å². The van der Waals surface area contributed by atoms with Crippen LogP contribution in [0.2, 0.25) is 0 Å². The number of methoxy groups -OCH3 is 2. The van der Waals surface area contributed by atoms with Crippen LogP contribution in [-0.4, -0.2) is 40.9 Å². The summed E-state index contributed by atoms with van der Waals surface area (Å²) in [5.41, 5.74) is 3.49. The van der Waals surface area contributed by atoms with Crippen LogP contribution < -0.4 is 9.47 Å². The monoisotopic (exact) mass is 486 g/mol. The zero-order valence-electron chi connectivity index (χ0n) is 21.1. The quantitative estimate of drug-likeness (QED) is 0.282. The molecule has 1 aromatic heterocycles. The average molecular weight is 487 g/mol. The Bertz CT molecular complexity index is 1310. The van der Waals surface area contributed by atoms with Gasteiger partial charge >= 0.3 is 0 Å². The molecule has 7 heteroatoms. The number of pyridine rings is 1. The summed E-state index contributed by atoms with van der Waals surface area (Å²) in [7, 11) is 3.17. The highest BCUT2D eigenvalue weighted by atomic mass is 16.5. The van der Waals surface area contributed by atoms with Crippen molar-refractivity contribution in [2.75, 3.05) is 14.2 Å². The molecule has 1 aliphatic rings. The van der Waals surface area contributed by atoms with Crippen LogP contribution in [-0.2, 0) is 16.1 Å². The number of ether oxygens (including phenoxy) is 2. The number of carbonyl (C=O) groups excluding carboxylic acids is 2. The molecule has 1 atom stereocenters. The molecule has 0 saturated carbocycles. The van der Waals surface area contributed by atoms with E-state index in [2.05, 4.69) is 4.98 Å². The molecule has 1 N–H and O–H groups in total. The van der Waals surface area contributed by atoms with Crippen molar-refractivity contribution in [3.8, 4) is 11.5 Å². The number of likely N-dealkylation sites (tertiary alicyclic amines) is 1.